The van der Waals surface area contributed by atoms with Crippen LogP contribution in [0.15, 0.2) is 41.2 Å². The number of sulfonamides is 1. The standard InChI is InChI=1S/C21H28N4O5S/c1-4-31(28,29)22-17-10-9-16(2)25(21(17)27)15-20(26)24-13-11-23(12-14-24)18-7-5-6-8-19(18)30-3/h5-10,22H,4,11-15H2,1-3H3. The van der Waals surface area contributed by atoms with Crippen LogP contribution < -0.4 is 19.9 Å². The number of methoxy groups -OCH3 is 1. The van der Waals surface area contributed by atoms with Crippen molar-refractivity contribution in [3.05, 3.63) is 52.4 Å². The number of anilines is 2. The third-order valence-electron chi connectivity index (χ3n) is 5.39. The van der Waals surface area contributed by atoms with Crippen molar-refractivity contribution < 1.29 is 17.9 Å². The number of piperazine rings is 1. The van der Waals surface area contributed by atoms with Gasteiger partial charge in [-0.05, 0) is 38.1 Å². The number of pyridine rings is 1. The van der Waals surface area contributed by atoms with Crippen LogP contribution in [0.25, 0.3) is 0 Å². The van der Waals surface area contributed by atoms with E-state index in [0.29, 0.717) is 31.9 Å². The van der Waals surface area contributed by atoms with E-state index in [1.165, 1.54) is 17.6 Å². The Balaban J connectivity index is 1.70. The van der Waals surface area contributed by atoms with Gasteiger partial charge in [-0.25, -0.2) is 8.42 Å². The Morgan fingerprint density at radius 1 is 1.10 bits per heavy atom. The number of amides is 1. The molecule has 0 saturated carbocycles. The summed E-state index contributed by atoms with van der Waals surface area (Å²) in [5.41, 5.74) is 0.991. The van der Waals surface area contributed by atoms with E-state index in [2.05, 4.69) is 9.62 Å². The van der Waals surface area contributed by atoms with Gasteiger partial charge in [0.2, 0.25) is 15.9 Å². The summed E-state index contributed by atoms with van der Waals surface area (Å²) >= 11 is 0. The molecule has 1 amide bonds. The molecule has 2 aromatic rings. The first kappa shape index (κ1) is 22.7. The lowest BCUT2D eigenvalue weighted by atomic mass is 10.2. The molecule has 1 fully saturated rings. The van der Waals surface area contributed by atoms with E-state index in [9.17, 15) is 18.0 Å². The molecular weight excluding hydrogens is 420 g/mol. The number of benzene rings is 1. The zero-order chi connectivity index (χ0) is 22.6. The van der Waals surface area contributed by atoms with Crippen LogP contribution in [0.5, 0.6) is 5.75 Å². The van der Waals surface area contributed by atoms with Crippen LogP contribution in [0.4, 0.5) is 11.4 Å². The second-order valence-corrected chi connectivity index (χ2v) is 9.34. The lowest BCUT2D eigenvalue weighted by Gasteiger charge is -2.36. The molecular formula is C21H28N4O5S. The van der Waals surface area contributed by atoms with Gasteiger partial charge in [0.25, 0.3) is 5.56 Å². The maximum atomic E-state index is 12.9. The predicted octanol–water partition coefficient (Wildman–Crippen LogP) is 1.28. The summed E-state index contributed by atoms with van der Waals surface area (Å²) in [6.45, 7) is 5.41. The van der Waals surface area contributed by atoms with E-state index in [1.54, 1.807) is 25.0 Å². The van der Waals surface area contributed by atoms with Gasteiger partial charge in [-0.15, -0.1) is 0 Å². The van der Waals surface area contributed by atoms with Crippen molar-refractivity contribution in [2.24, 2.45) is 0 Å². The number of aromatic nitrogens is 1. The molecule has 1 aliphatic heterocycles. The fourth-order valence-corrected chi connectivity index (χ4v) is 4.14. The van der Waals surface area contributed by atoms with Gasteiger partial charge in [-0.2, -0.15) is 0 Å². The largest absolute Gasteiger partial charge is 0.495 e. The highest BCUT2D eigenvalue weighted by Gasteiger charge is 2.24. The number of carbonyl (C=O) groups excluding carboxylic acids is 1. The van der Waals surface area contributed by atoms with Crippen molar-refractivity contribution in [2.45, 2.75) is 20.4 Å². The fraction of sp³-hybridized carbons (Fsp3) is 0.429. The molecule has 9 nitrogen and oxygen atoms in total. The number of para-hydroxylation sites is 2. The highest BCUT2D eigenvalue weighted by Crippen LogP contribution is 2.28. The van der Waals surface area contributed by atoms with E-state index in [1.807, 2.05) is 24.3 Å². The van der Waals surface area contributed by atoms with Gasteiger partial charge in [-0.1, -0.05) is 12.1 Å². The normalized spacial score (nSPS) is 14.4. The lowest BCUT2D eigenvalue weighted by molar-refractivity contribution is -0.132. The summed E-state index contributed by atoms with van der Waals surface area (Å²) in [6, 6.07) is 10.8. The first-order chi connectivity index (χ1) is 14.8. The summed E-state index contributed by atoms with van der Waals surface area (Å²) in [4.78, 5) is 29.5. The van der Waals surface area contributed by atoms with Crippen LogP contribution >= 0.6 is 0 Å². The van der Waals surface area contributed by atoms with Crippen molar-refractivity contribution in [3.63, 3.8) is 0 Å². The average molecular weight is 449 g/mol. The Morgan fingerprint density at radius 3 is 2.42 bits per heavy atom. The Hall–Kier alpha value is -3.01. The Morgan fingerprint density at radius 2 is 1.77 bits per heavy atom. The fourth-order valence-electron chi connectivity index (χ4n) is 3.51. The van der Waals surface area contributed by atoms with Crippen molar-refractivity contribution >= 4 is 27.3 Å². The second-order valence-electron chi connectivity index (χ2n) is 7.32. The van der Waals surface area contributed by atoms with E-state index >= 15 is 0 Å². The molecule has 0 spiro atoms. The topological polar surface area (TPSA) is 101 Å². The average Bonchev–Trinajstić information content (AvgIpc) is 2.78. The first-order valence-electron chi connectivity index (χ1n) is 10.1. The number of hydrogen-bond donors (Lipinski definition) is 1. The number of aryl methyl sites for hydroxylation is 1. The van der Waals surface area contributed by atoms with Gasteiger partial charge in [0.05, 0.1) is 18.6 Å². The summed E-state index contributed by atoms with van der Waals surface area (Å²) in [5, 5.41) is 0. The number of hydrogen-bond acceptors (Lipinski definition) is 6. The molecule has 0 radical (unpaired) electrons. The Bertz CT molecular complexity index is 1100. The zero-order valence-electron chi connectivity index (χ0n) is 18.0. The molecule has 0 unspecified atom stereocenters. The minimum atomic E-state index is -3.59. The van der Waals surface area contributed by atoms with E-state index in [-0.39, 0.29) is 23.9 Å². The van der Waals surface area contributed by atoms with Crippen molar-refractivity contribution in [3.8, 4) is 5.75 Å². The van der Waals surface area contributed by atoms with Crippen molar-refractivity contribution in [1.82, 2.24) is 9.47 Å². The molecule has 3 rings (SSSR count). The van der Waals surface area contributed by atoms with Crippen LogP contribution in [-0.2, 0) is 21.4 Å². The molecule has 1 aromatic carbocycles. The molecule has 168 valence electrons. The Labute approximate surface area is 182 Å². The maximum absolute atomic E-state index is 12.9. The molecule has 0 bridgehead atoms. The second kappa shape index (κ2) is 9.42. The van der Waals surface area contributed by atoms with Crippen LogP contribution in [0.1, 0.15) is 12.6 Å². The predicted molar refractivity (Wildman–Crippen MR) is 120 cm³/mol. The van der Waals surface area contributed by atoms with E-state index in [0.717, 1.165) is 11.4 Å². The first-order valence-corrected chi connectivity index (χ1v) is 11.8. The third kappa shape index (κ3) is 5.19. The number of nitrogens with one attached hydrogen (secondary N) is 1. The highest BCUT2D eigenvalue weighted by atomic mass is 32.2. The van der Waals surface area contributed by atoms with Crippen LogP contribution in [0, 0.1) is 6.92 Å². The zero-order valence-corrected chi connectivity index (χ0v) is 18.8. The van der Waals surface area contributed by atoms with E-state index in [4.69, 9.17) is 4.74 Å². The number of ether oxygens (including phenoxy) is 1. The number of nitrogens with zero attached hydrogens (tertiary/aromatic N) is 3. The summed E-state index contributed by atoms with van der Waals surface area (Å²) in [7, 11) is -1.95. The number of carbonyl (C=O) groups is 1. The maximum Gasteiger partial charge on any atom is 0.275 e. The van der Waals surface area contributed by atoms with Gasteiger partial charge in [0.1, 0.15) is 18.0 Å². The molecule has 1 aliphatic rings. The highest BCUT2D eigenvalue weighted by molar-refractivity contribution is 7.92. The van der Waals surface area contributed by atoms with Gasteiger partial charge in [0.15, 0.2) is 0 Å². The quantitative estimate of drug-likeness (QED) is 0.685. The molecule has 0 atom stereocenters. The SMILES string of the molecule is CCS(=O)(=O)Nc1ccc(C)n(CC(=O)N2CCN(c3ccccc3OC)CC2)c1=O. The van der Waals surface area contributed by atoms with Crippen molar-refractivity contribution in [1.29, 1.82) is 0 Å². The molecule has 1 saturated heterocycles. The van der Waals surface area contributed by atoms with Crippen molar-refractivity contribution in [2.75, 3.05) is 48.7 Å². The molecule has 31 heavy (non-hydrogen) atoms. The van der Waals surface area contributed by atoms with Crippen LogP contribution in [0.3, 0.4) is 0 Å². The molecule has 1 aromatic heterocycles. The Kier molecular flexibility index (Phi) is 6.89. The molecule has 1 N–H and O–H groups in total. The molecule has 10 heteroatoms. The summed E-state index contributed by atoms with van der Waals surface area (Å²) < 4.78 is 32.7. The van der Waals surface area contributed by atoms with Crippen LogP contribution in [0.2, 0.25) is 0 Å². The lowest BCUT2D eigenvalue weighted by Crippen LogP contribution is -2.50. The van der Waals surface area contributed by atoms with Gasteiger partial charge < -0.3 is 19.1 Å². The number of rotatable bonds is 7. The minimum Gasteiger partial charge on any atom is -0.495 e. The van der Waals surface area contributed by atoms with Gasteiger partial charge in [0, 0.05) is 31.9 Å². The molecule has 0 aliphatic carbocycles. The third-order valence-corrected chi connectivity index (χ3v) is 6.68. The molecule has 2 heterocycles. The smallest absolute Gasteiger partial charge is 0.275 e. The van der Waals surface area contributed by atoms with Gasteiger partial charge in [-0.3, -0.25) is 14.3 Å². The van der Waals surface area contributed by atoms with Crippen LogP contribution in [-0.4, -0.2) is 62.8 Å². The van der Waals surface area contributed by atoms with E-state index < -0.39 is 15.6 Å². The minimum absolute atomic E-state index is 0.0544. The summed E-state index contributed by atoms with van der Waals surface area (Å²) in [6.07, 6.45) is 0. The monoisotopic (exact) mass is 448 g/mol. The van der Waals surface area contributed by atoms with Gasteiger partial charge >= 0.3 is 0 Å². The summed E-state index contributed by atoms with van der Waals surface area (Å²) in [5.74, 6) is 0.464.